The zero-order chi connectivity index (χ0) is 22.2. The molecule has 1 aliphatic heterocycles. The van der Waals surface area contributed by atoms with E-state index < -0.39 is 21.7 Å². The minimum atomic E-state index is -3.96. The van der Waals surface area contributed by atoms with Crippen molar-refractivity contribution >= 4 is 27.4 Å². The first-order chi connectivity index (χ1) is 14.8. The Bertz CT molecular complexity index is 1310. The van der Waals surface area contributed by atoms with E-state index in [0.29, 0.717) is 11.1 Å². The Hall–Kier alpha value is -3.71. The molecule has 156 valence electrons. The van der Waals surface area contributed by atoms with Gasteiger partial charge in [-0.05, 0) is 25.1 Å². The van der Waals surface area contributed by atoms with Gasteiger partial charge in [0.05, 0.1) is 10.6 Å². The standard InChI is InChI=1S/C24H20N2O4S/c1-16-12-14-18(15-13-16)24(28)25-21-19-10-6-7-11-20(19)31(29,30)26(2)22(21)23(27)17-8-4-3-5-9-17/h3-15H,1-2H3,(H,25,28). The number of hydrogen-bond donors (Lipinski definition) is 1. The van der Waals surface area contributed by atoms with E-state index in [0.717, 1.165) is 9.87 Å². The molecule has 0 saturated heterocycles. The van der Waals surface area contributed by atoms with Crippen LogP contribution in [0.4, 0.5) is 0 Å². The molecule has 0 atom stereocenters. The van der Waals surface area contributed by atoms with Gasteiger partial charge < -0.3 is 5.32 Å². The van der Waals surface area contributed by atoms with Crippen LogP contribution < -0.4 is 5.32 Å². The zero-order valence-electron chi connectivity index (χ0n) is 17.0. The van der Waals surface area contributed by atoms with Crippen LogP contribution in [0.5, 0.6) is 0 Å². The van der Waals surface area contributed by atoms with Crippen LogP contribution in [0, 0.1) is 6.92 Å². The molecular weight excluding hydrogens is 412 g/mol. The first kappa shape index (κ1) is 20.6. The van der Waals surface area contributed by atoms with Gasteiger partial charge in [0.25, 0.3) is 15.9 Å². The van der Waals surface area contributed by atoms with Gasteiger partial charge in [0, 0.05) is 23.7 Å². The third-order valence-electron chi connectivity index (χ3n) is 5.15. The van der Waals surface area contributed by atoms with Gasteiger partial charge in [0.2, 0.25) is 5.78 Å². The summed E-state index contributed by atoms with van der Waals surface area (Å²) in [5.41, 5.74) is 2.06. The van der Waals surface area contributed by atoms with E-state index in [1.54, 1.807) is 60.7 Å². The van der Waals surface area contributed by atoms with Crippen molar-refractivity contribution in [2.24, 2.45) is 0 Å². The maximum Gasteiger partial charge on any atom is 0.264 e. The van der Waals surface area contributed by atoms with E-state index in [-0.39, 0.29) is 21.9 Å². The first-order valence-electron chi connectivity index (χ1n) is 9.61. The molecule has 0 bridgehead atoms. The van der Waals surface area contributed by atoms with Gasteiger partial charge in [-0.3, -0.25) is 13.9 Å². The van der Waals surface area contributed by atoms with Crippen molar-refractivity contribution in [3.8, 4) is 0 Å². The van der Waals surface area contributed by atoms with E-state index in [1.165, 1.54) is 13.1 Å². The highest BCUT2D eigenvalue weighted by molar-refractivity contribution is 7.89. The number of amides is 1. The molecule has 7 heteroatoms. The number of Topliss-reactive ketones (excluding diaryl/α,β-unsaturated/α-hetero) is 1. The summed E-state index contributed by atoms with van der Waals surface area (Å²) in [6.45, 7) is 1.91. The average Bonchev–Trinajstić information content (AvgIpc) is 2.78. The van der Waals surface area contributed by atoms with Gasteiger partial charge in [-0.15, -0.1) is 0 Å². The molecule has 31 heavy (non-hydrogen) atoms. The SMILES string of the molecule is Cc1ccc(C(=O)NC2=C(C(=O)c3ccccc3)N(C)S(=O)(=O)c3ccccc32)cc1. The topological polar surface area (TPSA) is 83.6 Å². The molecule has 1 heterocycles. The Morgan fingerprint density at radius 2 is 1.42 bits per heavy atom. The summed E-state index contributed by atoms with van der Waals surface area (Å²) < 4.78 is 27.2. The Morgan fingerprint density at radius 3 is 2.10 bits per heavy atom. The van der Waals surface area contributed by atoms with Gasteiger partial charge in [0.1, 0.15) is 5.70 Å². The van der Waals surface area contributed by atoms with Gasteiger partial charge in [0.15, 0.2) is 0 Å². The van der Waals surface area contributed by atoms with E-state index in [2.05, 4.69) is 5.32 Å². The molecule has 0 radical (unpaired) electrons. The number of aryl methyl sites for hydroxylation is 1. The van der Waals surface area contributed by atoms with Crippen molar-refractivity contribution in [3.05, 3.63) is 107 Å². The lowest BCUT2D eigenvalue weighted by molar-refractivity contribution is 0.0972. The van der Waals surface area contributed by atoms with Crippen molar-refractivity contribution in [2.75, 3.05) is 7.05 Å². The lowest BCUT2D eigenvalue weighted by atomic mass is 10.0. The highest BCUT2D eigenvalue weighted by atomic mass is 32.2. The van der Waals surface area contributed by atoms with E-state index >= 15 is 0 Å². The predicted octanol–water partition coefficient (Wildman–Crippen LogP) is 3.61. The van der Waals surface area contributed by atoms with Crippen LogP contribution in [-0.2, 0) is 10.0 Å². The molecule has 0 saturated carbocycles. The maximum absolute atomic E-state index is 13.4. The van der Waals surface area contributed by atoms with Crippen molar-refractivity contribution < 1.29 is 18.0 Å². The second-order valence-electron chi connectivity index (χ2n) is 7.21. The number of fused-ring (bicyclic) bond motifs is 1. The lowest BCUT2D eigenvalue weighted by Gasteiger charge is -2.31. The molecule has 0 fully saturated rings. The Labute approximate surface area is 180 Å². The van der Waals surface area contributed by atoms with Crippen molar-refractivity contribution in [1.82, 2.24) is 9.62 Å². The highest BCUT2D eigenvalue weighted by Crippen LogP contribution is 2.36. The molecule has 0 spiro atoms. The Kier molecular flexibility index (Phi) is 5.20. The van der Waals surface area contributed by atoms with Crippen LogP contribution >= 0.6 is 0 Å². The Morgan fingerprint density at radius 1 is 0.806 bits per heavy atom. The van der Waals surface area contributed by atoms with Crippen LogP contribution in [0.15, 0.2) is 89.5 Å². The number of benzene rings is 3. The predicted molar refractivity (Wildman–Crippen MR) is 118 cm³/mol. The minimum absolute atomic E-state index is 0.0290. The normalized spacial score (nSPS) is 14.7. The third kappa shape index (κ3) is 3.64. The van der Waals surface area contributed by atoms with Crippen LogP contribution in [0.3, 0.4) is 0 Å². The summed E-state index contributed by atoms with van der Waals surface area (Å²) in [6, 6.07) is 21.7. The molecule has 0 aromatic heterocycles. The molecule has 3 aromatic rings. The second kappa shape index (κ2) is 7.85. The number of carbonyl (C=O) groups excluding carboxylic acids is 2. The highest BCUT2D eigenvalue weighted by Gasteiger charge is 2.38. The summed E-state index contributed by atoms with van der Waals surface area (Å²) in [6.07, 6.45) is 0. The van der Waals surface area contributed by atoms with Crippen LogP contribution in [0.1, 0.15) is 31.8 Å². The smallest absolute Gasteiger partial charge is 0.264 e. The zero-order valence-corrected chi connectivity index (χ0v) is 17.8. The monoisotopic (exact) mass is 432 g/mol. The molecule has 1 aliphatic rings. The van der Waals surface area contributed by atoms with E-state index in [9.17, 15) is 18.0 Å². The molecule has 0 unspecified atom stereocenters. The number of rotatable bonds is 4. The van der Waals surface area contributed by atoms with Gasteiger partial charge in [-0.2, -0.15) is 0 Å². The number of nitrogens with one attached hydrogen (secondary N) is 1. The van der Waals surface area contributed by atoms with E-state index in [1.807, 2.05) is 19.1 Å². The molecule has 6 nitrogen and oxygen atoms in total. The van der Waals surface area contributed by atoms with Crippen LogP contribution in [-0.4, -0.2) is 31.5 Å². The summed E-state index contributed by atoms with van der Waals surface area (Å²) in [5, 5.41) is 2.79. The van der Waals surface area contributed by atoms with E-state index in [4.69, 9.17) is 0 Å². The number of sulfonamides is 1. The Balaban J connectivity index is 1.91. The maximum atomic E-state index is 13.4. The van der Waals surface area contributed by atoms with Crippen LogP contribution in [0.2, 0.25) is 0 Å². The summed E-state index contributed by atoms with van der Waals surface area (Å²) >= 11 is 0. The fourth-order valence-corrected chi connectivity index (χ4v) is 4.86. The minimum Gasteiger partial charge on any atom is -0.319 e. The van der Waals surface area contributed by atoms with Crippen molar-refractivity contribution in [1.29, 1.82) is 0 Å². The molecule has 1 amide bonds. The average molecular weight is 433 g/mol. The summed E-state index contributed by atoms with van der Waals surface area (Å²) in [4.78, 5) is 26.4. The second-order valence-corrected chi connectivity index (χ2v) is 9.15. The van der Waals surface area contributed by atoms with Gasteiger partial charge in [-0.25, -0.2) is 8.42 Å². The fourth-order valence-electron chi connectivity index (χ4n) is 3.45. The lowest BCUT2D eigenvalue weighted by Crippen LogP contribution is -2.39. The van der Waals surface area contributed by atoms with Crippen molar-refractivity contribution in [3.63, 3.8) is 0 Å². The number of hydrogen-bond acceptors (Lipinski definition) is 4. The summed E-state index contributed by atoms with van der Waals surface area (Å²) in [7, 11) is -2.64. The van der Waals surface area contributed by atoms with Crippen molar-refractivity contribution in [2.45, 2.75) is 11.8 Å². The molecule has 3 aromatic carbocycles. The number of carbonyl (C=O) groups is 2. The summed E-state index contributed by atoms with van der Waals surface area (Å²) in [5.74, 6) is -0.934. The quantitative estimate of drug-likeness (QED) is 0.639. The van der Waals surface area contributed by atoms with Crippen LogP contribution in [0.25, 0.3) is 5.70 Å². The van der Waals surface area contributed by atoms with Gasteiger partial charge in [-0.1, -0.05) is 66.2 Å². The number of allylic oxidation sites excluding steroid dienone is 1. The van der Waals surface area contributed by atoms with Gasteiger partial charge >= 0.3 is 0 Å². The molecular formula is C24H20N2O4S. The third-order valence-corrected chi connectivity index (χ3v) is 6.97. The number of ketones is 1. The largest absolute Gasteiger partial charge is 0.319 e. The number of nitrogens with zero attached hydrogens (tertiary/aromatic N) is 1. The number of likely N-dealkylation sites (N-methyl/N-ethyl adjacent to an activating group) is 1. The molecule has 1 N–H and O–H groups in total. The molecule has 0 aliphatic carbocycles. The molecule has 4 rings (SSSR count). The first-order valence-corrected chi connectivity index (χ1v) is 11.0. The fraction of sp³-hybridized carbons (Fsp3) is 0.0833.